The number of amides is 2. The molecule has 1 atom stereocenters. The van der Waals surface area contributed by atoms with E-state index in [1.807, 2.05) is 48.1 Å². The summed E-state index contributed by atoms with van der Waals surface area (Å²) in [6.07, 6.45) is 5.16. The lowest BCUT2D eigenvalue weighted by molar-refractivity contribution is 0.237. The van der Waals surface area contributed by atoms with Gasteiger partial charge in [-0.25, -0.2) is 14.8 Å². The molecule has 0 bridgehead atoms. The van der Waals surface area contributed by atoms with Crippen LogP contribution in [-0.4, -0.2) is 34.8 Å². The van der Waals surface area contributed by atoms with E-state index in [2.05, 4.69) is 20.6 Å². The highest BCUT2D eigenvalue weighted by Gasteiger charge is 2.23. The lowest BCUT2D eigenvalue weighted by Crippen LogP contribution is -2.39. The molecule has 0 aliphatic rings. The van der Waals surface area contributed by atoms with Crippen molar-refractivity contribution in [1.29, 1.82) is 0 Å². The molecular weight excluding hydrogens is 358 g/mol. The number of carbonyl (C=O) groups excluding carboxylic acids is 1. The number of methoxy groups -OCH3 is 2. The van der Waals surface area contributed by atoms with Crippen molar-refractivity contribution in [2.45, 2.75) is 12.6 Å². The van der Waals surface area contributed by atoms with E-state index >= 15 is 0 Å². The number of hydrogen-bond acceptors (Lipinski definition) is 5. The zero-order valence-electron chi connectivity index (χ0n) is 16.0. The zero-order chi connectivity index (χ0) is 19.9. The minimum atomic E-state index is -0.480. The van der Waals surface area contributed by atoms with Gasteiger partial charge in [0.05, 0.1) is 14.2 Å². The van der Waals surface area contributed by atoms with Gasteiger partial charge in [0.1, 0.15) is 17.6 Å². The second-order valence-corrected chi connectivity index (χ2v) is 6.07. The molecule has 0 spiro atoms. The largest absolute Gasteiger partial charge is 0.496 e. The summed E-state index contributed by atoms with van der Waals surface area (Å²) in [7, 11) is 5.03. The smallest absolute Gasteiger partial charge is 0.315 e. The van der Waals surface area contributed by atoms with Gasteiger partial charge in [0, 0.05) is 43.3 Å². The molecule has 0 saturated heterocycles. The minimum Gasteiger partial charge on any atom is -0.496 e. The number of aromatic nitrogens is 3. The van der Waals surface area contributed by atoms with Gasteiger partial charge >= 0.3 is 6.03 Å². The first-order valence-corrected chi connectivity index (χ1v) is 8.76. The van der Waals surface area contributed by atoms with E-state index in [9.17, 15) is 4.79 Å². The van der Waals surface area contributed by atoms with Crippen LogP contribution < -0.4 is 20.1 Å². The first-order valence-electron chi connectivity index (χ1n) is 8.76. The Bertz CT molecular complexity index is 941. The van der Waals surface area contributed by atoms with Gasteiger partial charge in [0.15, 0.2) is 0 Å². The predicted octanol–water partition coefficient (Wildman–Crippen LogP) is 2.42. The summed E-state index contributed by atoms with van der Waals surface area (Å²) >= 11 is 0. The fraction of sp³-hybridized carbons (Fsp3) is 0.250. The molecule has 28 heavy (non-hydrogen) atoms. The van der Waals surface area contributed by atoms with Crippen LogP contribution in [0.3, 0.4) is 0 Å². The number of ether oxygens (including phenoxy) is 2. The molecule has 0 saturated carbocycles. The minimum absolute atomic E-state index is 0.280. The Balaban J connectivity index is 1.80. The molecule has 3 rings (SSSR count). The molecule has 2 heterocycles. The molecule has 0 aliphatic heterocycles. The number of hydrogen-bond donors (Lipinski definition) is 2. The van der Waals surface area contributed by atoms with Crippen molar-refractivity contribution in [3.05, 3.63) is 71.9 Å². The third-order valence-corrected chi connectivity index (χ3v) is 4.32. The summed E-state index contributed by atoms with van der Waals surface area (Å²) in [6.45, 7) is 0.280. The molecule has 2 aromatic heterocycles. The fourth-order valence-corrected chi connectivity index (χ4v) is 2.94. The van der Waals surface area contributed by atoms with Crippen LogP contribution in [0.25, 0.3) is 0 Å². The van der Waals surface area contributed by atoms with E-state index in [1.54, 1.807) is 32.7 Å². The summed E-state index contributed by atoms with van der Waals surface area (Å²) in [5.74, 6) is 1.84. The van der Waals surface area contributed by atoms with Gasteiger partial charge in [-0.05, 0) is 12.1 Å². The van der Waals surface area contributed by atoms with Crippen molar-refractivity contribution in [3.63, 3.8) is 0 Å². The van der Waals surface area contributed by atoms with Crippen LogP contribution >= 0.6 is 0 Å². The summed E-state index contributed by atoms with van der Waals surface area (Å²) < 4.78 is 12.6. The highest BCUT2D eigenvalue weighted by atomic mass is 16.5. The number of urea groups is 1. The quantitative estimate of drug-likeness (QED) is 0.656. The second-order valence-electron chi connectivity index (χ2n) is 6.07. The van der Waals surface area contributed by atoms with E-state index in [1.165, 1.54) is 0 Å². The SMILES string of the molecule is COc1ccccc1C(NC(=O)NCc1cccnc1OC)c1nccn1C. The summed E-state index contributed by atoms with van der Waals surface area (Å²) in [5.41, 5.74) is 1.60. The standard InChI is InChI=1S/C20H23N5O3/c1-25-12-11-21-18(25)17(15-8-4-5-9-16(15)27-2)24-20(26)23-13-14-7-6-10-22-19(14)28-3/h4-12,17H,13H2,1-3H3,(H2,23,24,26). The fourth-order valence-electron chi connectivity index (χ4n) is 2.94. The maximum Gasteiger partial charge on any atom is 0.315 e. The Morgan fingerprint density at radius 1 is 1.11 bits per heavy atom. The van der Waals surface area contributed by atoms with Gasteiger partial charge < -0.3 is 24.7 Å². The van der Waals surface area contributed by atoms with Gasteiger partial charge in [-0.2, -0.15) is 0 Å². The molecule has 8 heteroatoms. The van der Waals surface area contributed by atoms with Crippen LogP contribution in [0.4, 0.5) is 4.79 Å². The van der Waals surface area contributed by atoms with Crippen molar-refractivity contribution in [1.82, 2.24) is 25.2 Å². The molecule has 2 N–H and O–H groups in total. The van der Waals surface area contributed by atoms with Crippen LogP contribution in [0.1, 0.15) is 23.0 Å². The van der Waals surface area contributed by atoms with Gasteiger partial charge in [0.2, 0.25) is 5.88 Å². The Morgan fingerprint density at radius 2 is 1.93 bits per heavy atom. The number of nitrogens with zero attached hydrogens (tertiary/aromatic N) is 3. The molecule has 8 nitrogen and oxygen atoms in total. The van der Waals surface area contributed by atoms with Gasteiger partial charge in [-0.3, -0.25) is 0 Å². The van der Waals surface area contributed by atoms with Crippen LogP contribution in [0.15, 0.2) is 55.0 Å². The van der Waals surface area contributed by atoms with Crippen molar-refractivity contribution in [3.8, 4) is 11.6 Å². The molecule has 0 radical (unpaired) electrons. The summed E-state index contributed by atoms with van der Waals surface area (Å²) in [6, 6.07) is 10.4. The average Bonchev–Trinajstić information content (AvgIpc) is 3.16. The molecule has 146 valence electrons. The number of benzene rings is 1. The first kappa shape index (κ1) is 19.2. The Hall–Kier alpha value is -3.55. The Kier molecular flexibility index (Phi) is 6.11. The molecule has 2 amide bonds. The van der Waals surface area contributed by atoms with Gasteiger partial charge in [-0.1, -0.05) is 24.3 Å². The van der Waals surface area contributed by atoms with Gasteiger partial charge in [-0.15, -0.1) is 0 Å². The van der Waals surface area contributed by atoms with Gasteiger partial charge in [0.25, 0.3) is 0 Å². The number of rotatable bonds is 7. The third-order valence-electron chi connectivity index (χ3n) is 4.32. The maximum absolute atomic E-state index is 12.6. The van der Waals surface area contributed by atoms with Crippen molar-refractivity contribution in [2.75, 3.05) is 14.2 Å². The summed E-state index contributed by atoms with van der Waals surface area (Å²) in [5, 5.41) is 5.83. The Labute approximate surface area is 163 Å². The monoisotopic (exact) mass is 381 g/mol. The number of pyridine rings is 1. The third kappa shape index (κ3) is 4.22. The number of carbonyl (C=O) groups is 1. The number of nitrogens with one attached hydrogen (secondary N) is 2. The molecular formula is C20H23N5O3. The molecule has 3 aromatic rings. The number of aryl methyl sites for hydroxylation is 1. The zero-order valence-corrected chi connectivity index (χ0v) is 16.0. The summed E-state index contributed by atoms with van der Waals surface area (Å²) in [4.78, 5) is 21.2. The molecule has 0 aliphatic carbocycles. The highest BCUT2D eigenvalue weighted by molar-refractivity contribution is 5.75. The normalized spacial score (nSPS) is 11.5. The van der Waals surface area contributed by atoms with Crippen molar-refractivity contribution in [2.24, 2.45) is 7.05 Å². The van der Waals surface area contributed by atoms with E-state index in [4.69, 9.17) is 9.47 Å². The topological polar surface area (TPSA) is 90.3 Å². The van der Waals surface area contributed by atoms with E-state index in [0.717, 1.165) is 11.1 Å². The lowest BCUT2D eigenvalue weighted by atomic mass is 10.0. The highest BCUT2D eigenvalue weighted by Crippen LogP contribution is 2.28. The van der Waals surface area contributed by atoms with Crippen LogP contribution in [-0.2, 0) is 13.6 Å². The van der Waals surface area contributed by atoms with Crippen molar-refractivity contribution >= 4 is 6.03 Å². The van der Waals surface area contributed by atoms with E-state index in [-0.39, 0.29) is 12.6 Å². The van der Waals surface area contributed by atoms with E-state index in [0.29, 0.717) is 17.5 Å². The first-order chi connectivity index (χ1) is 13.6. The predicted molar refractivity (Wildman–Crippen MR) is 104 cm³/mol. The maximum atomic E-state index is 12.6. The molecule has 1 unspecified atom stereocenters. The Morgan fingerprint density at radius 3 is 2.64 bits per heavy atom. The molecule has 1 aromatic carbocycles. The van der Waals surface area contributed by atoms with Crippen molar-refractivity contribution < 1.29 is 14.3 Å². The molecule has 0 fully saturated rings. The number of imidazole rings is 1. The van der Waals surface area contributed by atoms with Crippen LogP contribution in [0, 0.1) is 0 Å². The van der Waals surface area contributed by atoms with E-state index < -0.39 is 6.04 Å². The van der Waals surface area contributed by atoms with Crippen LogP contribution in [0.5, 0.6) is 11.6 Å². The lowest BCUT2D eigenvalue weighted by Gasteiger charge is -2.21. The second kappa shape index (κ2) is 8.90. The average molecular weight is 381 g/mol. The van der Waals surface area contributed by atoms with Crippen LogP contribution in [0.2, 0.25) is 0 Å². The number of para-hydroxylation sites is 1.